The van der Waals surface area contributed by atoms with Gasteiger partial charge >= 0.3 is 12.3 Å². The van der Waals surface area contributed by atoms with Crippen molar-refractivity contribution in [3.05, 3.63) is 60.1 Å². The predicted molar refractivity (Wildman–Crippen MR) is 129 cm³/mol. The maximum Gasteiger partial charge on any atom is 0.452 e. The van der Waals surface area contributed by atoms with Gasteiger partial charge in [0, 0.05) is 31.7 Å². The standard InChI is InChI=1S/C25H26F3N5O4/c1-16(2)15-36-24(35)33-12-10-32(11-13-33)19-9-8-18(14-29-19)30-22(34)20-21(25(26,27)28)37-23(31-20)17-6-4-3-5-7-17/h3-9,14,16H,10-13,15H2,1-2H3,(H,30,34). The zero-order chi connectivity index (χ0) is 26.6. The fourth-order valence-electron chi connectivity index (χ4n) is 3.66. The van der Waals surface area contributed by atoms with E-state index in [2.05, 4.69) is 15.3 Å². The van der Waals surface area contributed by atoms with Gasteiger partial charge in [-0.2, -0.15) is 13.2 Å². The average molecular weight is 518 g/mol. The Bertz CT molecular complexity index is 1220. The monoisotopic (exact) mass is 517 g/mol. The number of anilines is 2. The second kappa shape index (κ2) is 10.9. The molecular weight excluding hydrogens is 491 g/mol. The first-order valence-corrected chi connectivity index (χ1v) is 11.7. The molecule has 2 aromatic heterocycles. The van der Waals surface area contributed by atoms with Crippen molar-refractivity contribution >= 4 is 23.5 Å². The van der Waals surface area contributed by atoms with E-state index in [1.807, 2.05) is 18.7 Å². The molecule has 1 fully saturated rings. The number of pyridine rings is 1. The smallest absolute Gasteiger partial charge is 0.449 e. The lowest BCUT2D eigenvalue weighted by molar-refractivity contribution is -0.153. The Morgan fingerprint density at radius 3 is 2.38 bits per heavy atom. The van der Waals surface area contributed by atoms with Crippen LogP contribution in [0.1, 0.15) is 30.1 Å². The number of hydrogen-bond acceptors (Lipinski definition) is 7. The number of ether oxygens (including phenoxy) is 1. The molecule has 196 valence electrons. The number of carbonyl (C=O) groups is 2. The Balaban J connectivity index is 1.40. The Kier molecular flexibility index (Phi) is 7.65. The summed E-state index contributed by atoms with van der Waals surface area (Å²) >= 11 is 0. The summed E-state index contributed by atoms with van der Waals surface area (Å²) < 4.78 is 50.8. The molecule has 1 aromatic carbocycles. The molecule has 1 saturated heterocycles. The van der Waals surface area contributed by atoms with E-state index in [0.29, 0.717) is 44.2 Å². The third-order valence-electron chi connectivity index (χ3n) is 5.53. The minimum absolute atomic E-state index is 0.196. The SMILES string of the molecule is CC(C)COC(=O)N1CCN(c2ccc(NC(=O)c3nc(-c4ccccc4)oc3C(F)(F)F)cn2)CC1. The van der Waals surface area contributed by atoms with Gasteiger partial charge in [0.25, 0.3) is 5.91 Å². The summed E-state index contributed by atoms with van der Waals surface area (Å²) in [4.78, 5) is 36.5. The molecule has 0 bridgehead atoms. The molecule has 3 aromatic rings. The number of alkyl halides is 3. The molecule has 2 amide bonds. The van der Waals surface area contributed by atoms with Gasteiger partial charge in [0.05, 0.1) is 18.5 Å². The molecule has 1 aliphatic rings. The van der Waals surface area contributed by atoms with E-state index in [0.717, 1.165) is 0 Å². The molecule has 12 heteroatoms. The first-order chi connectivity index (χ1) is 17.6. The Morgan fingerprint density at radius 2 is 1.78 bits per heavy atom. The van der Waals surface area contributed by atoms with E-state index in [1.165, 1.54) is 24.4 Å². The van der Waals surface area contributed by atoms with Gasteiger partial charge in [0.15, 0.2) is 5.69 Å². The normalized spacial score (nSPS) is 14.1. The summed E-state index contributed by atoms with van der Waals surface area (Å²) in [5.74, 6) is -1.99. The van der Waals surface area contributed by atoms with Crippen LogP contribution in [0.3, 0.4) is 0 Å². The molecule has 0 unspecified atom stereocenters. The molecule has 4 rings (SSSR count). The van der Waals surface area contributed by atoms with Crippen LogP contribution in [0.25, 0.3) is 11.5 Å². The average Bonchev–Trinajstić information content (AvgIpc) is 3.35. The minimum Gasteiger partial charge on any atom is -0.449 e. The number of aromatic nitrogens is 2. The minimum atomic E-state index is -4.90. The van der Waals surface area contributed by atoms with Crippen molar-refractivity contribution in [1.82, 2.24) is 14.9 Å². The quantitative estimate of drug-likeness (QED) is 0.495. The van der Waals surface area contributed by atoms with Gasteiger partial charge < -0.3 is 24.3 Å². The topological polar surface area (TPSA) is 101 Å². The van der Waals surface area contributed by atoms with Crippen molar-refractivity contribution in [3.8, 4) is 11.5 Å². The first-order valence-electron chi connectivity index (χ1n) is 11.7. The third-order valence-corrected chi connectivity index (χ3v) is 5.53. The third kappa shape index (κ3) is 6.38. The number of nitrogens with zero attached hydrogens (tertiary/aromatic N) is 4. The van der Waals surface area contributed by atoms with Gasteiger partial charge in [-0.15, -0.1) is 0 Å². The second-order valence-electron chi connectivity index (χ2n) is 8.86. The molecule has 1 aliphatic heterocycles. The number of nitrogens with one attached hydrogen (secondary N) is 1. The lowest BCUT2D eigenvalue weighted by Gasteiger charge is -2.34. The van der Waals surface area contributed by atoms with E-state index in [-0.39, 0.29) is 23.6 Å². The molecule has 0 radical (unpaired) electrons. The number of piperazine rings is 1. The van der Waals surface area contributed by atoms with Gasteiger partial charge in [-0.05, 0) is 30.2 Å². The zero-order valence-corrected chi connectivity index (χ0v) is 20.3. The zero-order valence-electron chi connectivity index (χ0n) is 20.3. The van der Waals surface area contributed by atoms with E-state index >= 15 is 0 Å². The molecular formula is C25H26F3N5O4. The van der Waals surface area contributed by atoms with Crippen LogP contribution >= 0.6 is 0 Å². The highest BCUT2D eigenvalue weighted by molar-refractivity contribution is 6.04. The predicted octanol–water partition coefficient (Wildman–Crippen LogP) is 4.92. The number of amides is 2. The molecule has 0 saturated carbocycles. The van der Waals surface area contributed by atoms with Crippen molar-refractivity contribution in [2.24, 2.45) is 5.92 Å². The van der Waals surface area contributed by atoms with Crippen LogP contribution in [0.5, 0.6) is 0 Å². The maximum atomic E-state index is 13.5. The highest BCUT2D eigenvalue weighted by Crippen LogP contribution is 2.35. The molecule has 37 heavy (non-hydrogen) atoms. The molecule has 9 nitrogen and oxygen atoms in total. The fourth-order valence-corrected chi connectivity index (χ4v) is 3.66. The number of hydrogen-bond donors (Lipinski definition) is 1. The molecule has 0 atom stereocenters. The number of oxazole rings is 1. The number of halogens is 3. The maximum absolute atomic E-state index is 13.5. The van der Waals surface area contributed by atoms with Crippen molar-refractivity contribution in [2.75, 3.05) is 43.0 Å². The Morgan fingerprint density at radius 1 is 1.08 bits per heavy atom. The fraction of sp³-hybridized carbons (Fsp3) is 0.360. The van der Waals surface area contributed by atoms with Gasteiger partial charge in [0.2, 0.25) is 11.7 Å². The lowest BCUT2D eigenvalue weighted by atomic mass is 10.2. The summed E-state index contributed by atoms with van der Waals surface area (Å²) in [6.07, 6.45) is -3.90. The van der Waals surface area contributed by atoms with E-state index in [9.17, 15) is 22.8 Å². The van der Waals surface area contributed by atoms with Gasteiger partial charge in [-0.3, -0.25) is 4.79 Å². The first kappa shape index (κ1) is 26.0. The van der Waals surface area contributed by atoms with Crippen molar-refractivity contribution in [1.29, 1.82) is 0 Å². The highest BCUT2D eigenvalue weighted by Gasteiger charge is 2.42. The largest absolute Gasteiger partial charge is 0.452 e. The summed E-state index contributed by atoms with van der Waals surface area (Å²) in [5.41, 5.74) is -0.357. The van der Waals surface area contributed by atoms with Gasteiger partial charge in [0.1, 0.15) is 5.82 Å². The molecule has 1 N–H and O–H groups in total. The number of carbonyl (C=O) groups excluding carboxylic acids is 2. The van der Waals surface area contributed by atoms with Gasteiger partial charge in [-0.25, -0.2) is 14.8 Å². The van der Waals surface area contributed by atoms with E-state index in [4.69, 9.17) is 9.15 Å². The Hall–Kier alpha value is -4.09. The van der Waals surface area contributed by atoms with Crippen LogP contribution in [0.4, 0.5) is 29.5 Å². The summed E-state index contributed by atoms with van der Waals surface area (Å²) in [6.45, 7) is 6.29. The van der Waals surface area contributed by atoms with Crippen LogP contribution in [-0.4, -0.2) is 59.7 Å². The Labute approximate surface area is 211 Å². The van der Waals surface area contributed by atoms with Crippen molar-refractivity contribution < 1.29 is 31.9 Å². The van der Waals surface area contributed by atoms with E-state index < -0.39 is 23.5 Å². The van der Waals surface area contributed by atoms with Crippen LogP contribution in [0, 0.1) is 5.92 Å². The molecule has 3 heterocycles. The van der Waals surface area contributed by atoms with Gasteiger partial charge in [-0.1, -0.05) is 32.0 Å². The van der Waals surface area contributed by atoms with Crippen molar-refractivity contribution in [3.63, 3.8) is 0 Å². The molecule has 0 aliphatic carbocycles. The van der Waals surface area contributed by atoms with Crippen LogP contribution in [0.2, 0.25) is 0 Å². The van der Waals surface area contributed by atoms with Crippen LogP contribution in [0.15, 0.2) is 53.1 Å². The highest BCUT2D eigenvalue weighted by atomic mass is 19.4. The number of rotatable bonds is 6. The van der Waals surface area contributed by atoms with Crippen molar-refractivity contribution in [2.45, 2.75) is 20.0 Å². The van der Waals surface area contributed by atoms with E-state index in [1.54, 1.807) is 29.2 Å². The number of benzene rings is 1. The molecule has 0 spiro atoms. The summed E-state index contributed by atoms with van der Waals surface area (Å²) in [5, 5.41) is 2.40. The second-order valence-corrected chi connectivity index (χ2v) is 8.86. The van der Waals surface area contributed by atoms with Crippen LogP contribution in [-0.2, 0) is 10.9 Å². The lowest BCUT2D eigenvalue weighted by Crippen LogP contribution is -2.49. The summed E-state index contributed by atoms with van der Waals surface area (Å²) in [6, 6.07) is 11.2. The summed E-state index contributed by atoms with van der Waals surface area (Å²) in [7, 11) is 0. The van der Waals surface area contributed by atoms with Crippen LogP contribution < -0.4 is 10.2 Å².